The van der Waals surface area contributed by atoms with Crippen LogP contribution in [0.5, 0.6) is 0 Å². The molecular formula is C14H17N3O2S. The van der Waals surface area contributed by atoms with Crippen LogP contribution in [-0.2, 0) is 10.0 Å². The molecule has 5 nitrogen and oxygen atoms in total. The summed E-state index contributed by atoms with van der Waals surface area (Å²) in [5, 5.41) is 0. The van der Waals surface area contributed by atoms with Crippen molar-refractivity contribution < 1.29 is 8.42 Å². The number of anilines is 2. The van der Waals surface area contributed by atoms with Gasteiger partial charge in [0.2, 0.25) is 0 Å². The van der Waals surface area contributed by atoms with Crippen molar-refractivity contribution in [3.8, 4) is 0 Å². The van der Waals surface area contributed by atoms with Crippen molar-refractivity contribution in [3.63, 3.8) is 0 Å². The normalized spacial score (nSPS) is 11.2. The minimum absolute atomic E-state index is 0.278. The standard InChI is InChI=1S/C14H17N3O2S/c1-10-8-13(16-15)9-11(2)14(10)20(18,19)17-12-6-4-3-5-7-12/h3-9,16-17H,15H2,1-2H3. The van der Waals surface area contributed by atoms with Crippen LogP contribution in [-0.4, -0.2) is 8.42 Å². The number of nitrogens with one attached hydrogen (secondary N) is 2. The van der Waals surface area contributed by atoms with Crippen LogP contribution in [0.2, 0.25) is 0 Å². The first kappa shape index (κ1) is 14.4. The fraction of sp³-hybridized carbons (Fsp3) is 0.143. The quantitative estimate of drug-likeness (QED) is 0.596. The molecule has 0 aliphatic carbocycles. The molecule has 6 heteroatoms. The Kier molecular flexibility index (Phi) is 3.96. The van der Waals surface area contributed by atoms with Gasteiger partial charge in [-0.2, -0.15) is 0 Å². The average molecular weight is 291 g/mol. The van der Waals surface area contributed by atoms with Crippen molar-refractivity contribution in [3.05, 3.63) is 53.6 Å². The van der Waals surface area contributed by atoms with E-state index in [0.717, 1.165) is 0 Å². The van der Waals surface area contributed by atoms with Gasteiger partial charge in [0.25, 0.3) is 10.0 Å². The predicted molar refractivity (Wildman–Crippen MR) is 81.0 cm³/mol. The van der Waals surface area contributed by atoms with E-state index >= 15 is 0 Å². The summed E-state index contributed by atoms with van der Waals surface area (Å²) in [6.07, 6.45) is 0. The molecule has 20 heavy (non-hydrogen) atoms. The largest absolute Gasteiger partial charge is 0.324 e. The molecule has 2 aromatic rings. The van der Waals surface area contributed by atoms with Crippen LogP contribution in [0.15, 0.2) is 47.4 Å². The van der Waals surface area contributed by atoms with Gasteiger partial charge in [-0.15, -0.1) is 0 Å². The van der Waals surface area contributed by atoms with Crippen LogP contribution in [0.3, 0.4) is 0 Å². The van der Waals surface area contributed by atoms with Gasteiger partial charge < -0.3 is 5.43 Å². The summed E-state index contributed by atoms with van der Waals surface area (Å²) >= 11 is 0. The second-order valence-corrected chi connectivity index (χ2v) is 6.17. The van der Waals surface area contributed by atoms with Gasteiger partial charge in [-0.1, -0.05) is 18.2 Å². The first-order chi connectivity index (χ1) is 9.44. The summed E-state index contributed by atoms with van der Waals surface area (Å²) in [6.45, 7) is 3.49. The molecule has 0 aromatic heterocycles. The van der Waals surface area contributed by atoms with E-state index in [-0.39, 0.29) is 4.90 Å². The monoisotopic (exact) mass is 291 g/mol. The van der Waals surface area contributed by atoms with Crippen LogP contribution >= 0.6 is 0 Å². The third-order valence-electron chi connectivity index (χ3n) is 2.92. The van der Waals surface area contributed by atoms with E-state index in [1.807, 2.05) is 6.07 Å². The maximum Gasteiger partial charge on any atom is 0.262 e. The third-order valence-corrected chi connectivity index (χ3v) is 4.61. The molecule has 0 fully saturated rings. The van der Waals surface area contributed by atoms with Crippen LogP contribution < -0.4 is 16.0 Å². The maximum atomic E-state index is 12.5. The second kappa shape index (κ2) is 5.52. The van der Waals surface area contributed by atoms with Gasteiger partial charge in [0, 0.05) is 11.4 Å². The van der Waals surface area contributed by atoms with Crippen molar-refractivity contribution in [2.75, 3.05) is 10.1 Å². The molecule has 0 radical (unpaired) electrons. The molecule has 0 aliphatic heterocycles. The van der Waals surface area contributed by atoms with Crippen LogP contribution in [0.4, 0.5) is 11.4 Å². The van der Waals surface area contributed by atoms with Gasteiger partial charge in [0.1, 0.15) is 0 Å². The first-order valence-electron chi connectivity index (χ1n) is 6.10. The molecule has 0 bridgehead atoms. The fourth-order valence-electron chi connectivity index (χ4n) is 2.17. The van der Waals surface area contributed by atoms with Crippen LogP contribution in [0.1, 0.15) is 11.1 Å². The number of hydrogen-bond acceptors (Lipinski definition) is 4. The SMILES string of the molecule is Cc1cc(NN)cc(C)c1S(=O)(=O)Nc1ccccc1. The van der Waals surface area contributed by atoms with Gasteiger partial charge in [-0.05, 0) is 49.2 Å². The van der Waals surface area contributed by atoms with E-state index in [9.17, 15) is 8.42 Å². The second-order valence-electron chi connectivity index (χ2n) is 4.56. The Bertz CT molecular complexity index is 689. The molecule has 0 unspecified atom stereocenters. The molecular weight excluding hydrogens is 274 g/mol. The predicted octanol–water partition coefficient (Wildman–Crippen LogP) is 2.39. The topological polar surface area (TPSA) is 84.2 Å². The molecule has 2 aromatic carbocycles. The minimum Gasteiger partial charge on any atom is -0.324 e. The number of aryl methyl sites for hydroxylation is 2. The van der Waals surface area contributed by atoms with Crippen molar-refractivity contribution in [1.82, 2.24) is 0 Å². The molecule has 4 N–H and O–H groups in total. The van der Waals surface area contributed by atoms with Gasteiger partial charge in [0.15, 0.2) is 0 Å². The molecule has 0 atom stereocenters. The Morgan fingerprint density at radius 1 is 0.950 bits per heavy atom. The van der Waals surface area contributed by atoms with E-state index in [4.69, 9.17) is 5.84 Å². The zero-order chi connectivity index (χ0) is 14.8. The molecule has 106 valence electrons. The van der Waals surface area contributed by atoms with Gasteiger partial charge in [-0.25, -0.2) is 8.42 Å². The Hall–Kier alpha value is -2.05. The Morgan fingerprint density at radius 3 is 2.00 bits per heavy atom. The zero-order valence-electron chi connectivity index (χ0n) is 11.3. The number of rotatable bonds is 4. The van der Waals surface area contributed by atoms with Gasteiger partial charge in [0.05, 0.1) is 4.90 Å². The first-order valence-corrected chi connectivity index (χ1v) is 7.58. The third kappa shape index (κ3) is 2.92. The number of hydrazine groups is 1. The lowest BCUT2D eigenvalue weighted by Gasteiger charge is -2.14. The van der Waals surface area contributed by atoms with Crippen LogP contribution in [0.25, 0.3) is 0 Å². The van der Waals surface area contributed by atoms with E-state index in [1.54, 1.807) is 50.2 Å². The number of nitrogen functional groups attached to an aromatic ring is 1. The minimum atomic E-state index is -3.62. The summed E-state index contributed by atoms with van der Waals surface area (Å²) in [6, 6.07) is 12.2. The Balaban J connectivity index is 2.45. The highest BCUT2D eigenvalue weighted by atomic mass is 32.2. The van der Waals surface area contributed by atoms with E-state index in [0.29, 0.717) is 22.5 Å². The van der Waals surface area contributed by atoms with E-state index in [2.05, 4.69) is 10.1 Å². The lowest BCUT2D eigenvalue weighted by molar-refractivity contribution is 0.600. The van der Waals surface area contributed by atoms with E-state index < -0.39 is 10.0 Å². The van der Waals surface area contributed by atoms with Crippen molar-refractivity contribution in [1.29, 1.82) is 0 Å². The van der Waals surface area contributed by atoms with Crippen molar-refractivity contribution in [2.45, 2.75) is 18.7 Å². The molecule has 0 heterocycles. The van der Waals surface area contributed by atoms with Crippen molar-refractivity contribution in [2.24, 2.45) is 5.84 Å². The molecule has 0 saturated carbocycles. The highest BCUT2D eigenvalue weighted by molar-refractivity contribution is 7.92. The number of hydrogen-bond donors (Lipinski definition) is 3. The summed E-state index contributed by atoms with van der Waals surface area (Å²) < 4.78 is 27.5. The highest BCUT2D eigenvalue weighted by Gasteiger charge is 2.20. The number of sulfonamides is 1. The lowest BCUT2D eigenvalue weighted by Crippen LogP contribution is -2.16. The zero-order valence-corrected chi connectivity index (χ0v) is 12.2. The molecule has 0 saturated heterocycles. The number of para-hydroxylation sites is 1. The molecule has 2 rings (SSSR count). The van der Waals surface area contributed by atoms with Gasteiger partial charge >= 0.3 is 0 Å². The number of nitrogens with two attached hydrogens (primary N) is 1. The molecule has 0 spiro atoms. The summed E-state index contributed by atoms with van der Waals surface area (Å²) in [4.78, 5) is 0.278. The lowest BCUT2D eigenvalue weighted by atomic mass is 10.1. The summed E-state index contributed by atoms with van der Waals surface area (Å²) in [5.41, 5.74) is 5.02. The van der Waals surface area contributed by atoms with E-state index in [1.165, 1.54) is 0 Å². The highest BCUT2D eigenvalue weighted by Crippen LogP contribution is 2.26. The summed E-state index contributed by atoms with van der Waals surface area (Å²) in [7, 11) is -3.62. The number of benzene rings is 2. The maximum absolute atomic E-state index is 12.5. The average Bonchev–Trinajstić information content (AvgIpc) is 2.37. The Labute approximate surface area is 118 Å². The molecule has 0 aliphatic rings. The smallest absolute Gasteiger partial charge is 0.262 e. The molecule has 0 amide bonds. The summed E-state index contributed by atoms with van der Waals surface area (Å²) in [5.74, 6) is 5.36. The van der Waals surface area contributed by atoms with Gasteiger partial charge in [-0.3, -0.25) is 10.6 Å². The fourth-order valence-corrected chi connectivity index (χ4v) is 3.68. The van der Waals surface area contributed by atoms with Crippen molar-refractivity contribution >= 4 is 21.4 Å². The van der Waals surface area contributed by atoms with Crippen LogP contribution in [0, 0.1) is 13.8 Å². The Morgan fingerprint density at radius 2 is 1.50 bits per heavy atom.